The Bertz CT molecular complexity index is 1010. The summed E-state index contributed by atoms with van der Waals surface area (Å²) in [4.78, 5) is 23.1. The van der Waals surface area contributed by atoms with Crippen molar-refractivity contribution < 1.29 is 32.9 Å². The number of phosphoric acid groups is 1. The fraction of sp³-hybridized carbons (Fsp3) is 0.851. The monoisotopic (exact) mass is 812 g/mol. The van der Waals surface area contributed by atoms with Gasteiger partial charge in [0.15, 0.2) is 0 Å². The molecule has 3 N–H and O–H groups in total. The van der Waals surface area contributed by atoms with Crippen LogP contribution in [0, 0.1) is 0 Å². The van der Waals surface area contributed by atoms with Crippen LogP contribution in [0.25, 0.3) is 0 Å². The Labute approximate surface area is 347 Å². The summed E-state index contributed by atoms with van der Waals surface area (Å²) in [5.74, 6) is -0.192. The maximum atomic E-state index is 12.9. The summed E-state index contributed by atoms with van der Waals surface area (Å²) in [7, 11) is 1.55. The van der Waals surface area contributed by atoms with E-state index in [1.807, 2.05) is 27.2 Å². The van der Waals surface area contributed by atoms with E-state index in [1.54, 1.807) is 6.08 Å². The first-order valence-corrected chi connectivity index (χ1v) is 24.9. The molecule has 0 saturated heterocycles. The molecular formula is C47H92N2O6P+. The highest BCUT2D eigenvalue weighted by atomic mass is 31.2. The van der Waals surface area contributed by atoms with Crippen LogP contribution in [0.1, 0.15) is 206 Å². The third kappa shape index (κ3) is 40.9. The van der Waals surface area contributed by atoms with Gasteiger partial charge >= 0.3 is 7.82 Å². The molecule has 0 aromatic carbocycles. The Hall–Kier alpha value is -1.28. The highest BCUT2D eigenvalue weighted by Gasteiger charge is 2.27. The van der Waals surface area contributed by atoms with Crippen LogP contribution in [0.5, 0.6) is 0 Å². The standard InChI is InChI=1S/C47H91N2O6P/c1-6-8-10-12-14-16-18-20-22-24-26-28-30-32-34-36-38-40-46(50)45(44-55-56(52,53)54-43-42-49(3,4)5)48-47(51)41-39-37-35-33-31-29-27-25-23-21-19-17-15-13-11-9-7-2/h21,23,30,32,38,40,45-46,50H,6-20,22,24-29,31,33-37,39,41-44H2,1-5H3,(H-,48,51,52,53)/p+1/b23-21-,32-30+,40-38+. The van der Waals surface area contributed by atoms with Crippen molar-refractivity contribution in [1.82, 2.24) is 5.32 Å². The maximum Gasteiger partial charge on any atom is 0.472 e. The zero-order valence-electron chi connectivity index (χ0n) is 37.4. The van der Waals surface area contributed by atoms with Crippen LogP contribution in [0.4, 0.5) is 0 Å². The van der Waals surface area contributed by atoms with Gasteiger partial charge < -0.3 is 19.8 Å². The number of carbonyl (C=O) groups is 1. The van der Waals surface area contributed by atoms with Gasteiger partial charge in [0.1, 0.15) is 13.2 Å². The Morgan fingerprint density at radius 1 is 0.589 bits per heavy atom. The molecule has 0 aliphatic carbocycles. The number of rotatable bonds is 42. The molecule has 8 nitrogen and oxygen atoms in total. The van der Waals surface area contributed by atoms with Crippen LogP contribution in [0.15, 0.2) is 36.5 Å². The SMILES string of the molecule is CCCCCCCC/C=C\CCCCCCCCCC(=O)NC(COP(=O)(O)OCC[N+](C)(C)C)C(O)/C=C/CC/C=C/CCCCCCCCCCCCC. The molecule has 0 fully saturated rings. The third-order valence-corrected chi connectivity index (χ3v) is 11.3. The van der Waals surface area contributed by atoms with Crippen LogP contribution in [-0.2, 0) is 18.4 Å². The second kappa shape index (κ2) is 39.2. The van der Waals surface area contributed by atoms with Crippen LogP contribution >= 0.6 is 7.82 Å². The minimum atomic E-state index is -4.35. The maximum absolute atomic E-state index is 12.9. The first-order valence-electron chi connectivity index (χ1n) is 23.4. The second-order valence-corrected chi connectivity index (χ2v) is 18.6. The lowest BCUT2D eigenvalue weighted by atomic mass is 10.1. The number of aliphatic hydroxyl groups is 1. The average molecular weight is 812 g/mol. The van der Waals surface area contributed by atoms with Gasteiger partial charge in [-0.05, 0) is 57.8 Å². The van der Waals surface area contributed by atoms with Crippen LogP contribution in [0.2, 0.25) is 0 Å². The molecule has 0 heterocycles. The number of unbranched alkanes of at least 4 members (excludes halogenated alkanes) is 25. The average Bonchev–Trinajstić information content (AvgIpc) is 3.15. The lowest BCUT2D eigenvalue weighted by molar-refractivity contribution is -0.870. The van der Waals surface area contributed by atoms with Gasteiger partial charge in [0, 0.05) is 6.42 Å². The summed E-state index contributed by atoms with van der Waals surface area (Å²) in [6.45, 7) is 4.79. The molecule has 330 valence electrons. The molecule has 0 rings (SSSR count). The summed E-state index contributed by atoms with van der Waals surface area (Å²) in [6.07, 6.45) is 47.8. The van der Waals surface area contributed by atoms with Crippen molar-refractivity contribution in [1.29, 1.82) is 0 Å². The van der Waals surface area contributed by atoms with Crippen molar-refractivity contribution in [2.24, 2.45) is 0 Å². The van der Waals surface area contributed by atoms with E-state index in [-0.39, 0.29) is 19.1 Å². The summed E-state index contributed by atoms with van der Waals surface area (Å²) in [6, 6.07) is -0.863. The summed E-state index contributed by atoms with van der Waals surface area (Å²) < 4.78 is 23.6. The molecule has 0 bridgehead atoms. The quantitative estimate of drug-likeness (QED) is 0.0245. The van der Waals surface area contributed by atoms with Gasteiger partial charge in [0.2, 0.25) is 5.91 Å². The zero-order chi connectivity index (χ0) is 41.4. The van der Waals surface area contributed by atoms with Crippen molar-refractivity contribution in [3.05, 3.63) is 36.5 Å². The predicted octanol–water partition coefficient (Wildman–Crippen LogP) is 13.1. The van der Waals surface area contributed by atoms with E-state index >= 15 is 0 Å². The van der Waals surface area contributed by atoms with Crippen LogP contribution in [0.3, 0.4) is 0 Å². The number of hydrogen-bond donors (Lipinski definition) is 3. The Kier molecular flexibility index (Phi) is 38.3. The molecule has 0 radical (unpaired) electrons. The van der Waals surface area contributed by atoms with Crippen LogP contribution < -0.4 is 5.32 Å². The lowest BCUT2D eigenvalue weighted by Gasteiger charge is -2.25. The summed E-state index contributed by atoms with van der Waals surface area (Å²) >= 11 is 0. The minimum absolute atomic E-state index is 0.0554. The molecule has 3 unspecified atom stereocenters. The van der Waals surface area contributed by atoms with Gasteiger partial charge in [-0.2, -0.15) is 0 Å². The highest BCUT2D eigenvalue weighted by Crippen LogP contribution is 2.43. The predicted molar refractivity (Wildman–Crippen MR) is 240 cm³/mol. The molecule has 0 spiro atoms. The zero-order valence-corrected chi connectivity index (χ0v) is 38.3. The molecule has 1 amide bonds. The van der Waals surface area contributed by atoms with Gasteiger partial charge in [0.25, 0.3) is 0 Å². The topological polar surface area (TPSA) is 105 Å². The number of aliphatic hydroxyl groups excluding tert-OH is 1. The molecule has 9 heteroatoms. The van der Waals surface area contributed by atoms with E-state index in [1.165, 1.54) is 148 Å². The minimum Gasteiger partial charge on any atom is -0.387 e. The Morgan fingerprint density at radius 2 is 0.982 bits per heavy atom. The van der Waals surface area contributed by atoms with E-state index in [2.05, 4.69) is 43.5 Å². The second-order valence-electron chi connectivity index (χ2n) is 17.1. The first kappa shape index (κ1) is 54.7. The van der Waals surface area contributed by atoms with E-state index in [0.29, 0.717) is 17.4 Å². The van der Waals surface area contributed by atoms with Gasteiger partial charge in [-0.25, -0.2) is 4.57 Å². The number of amides is 1. The van der Waals surface area contributed by atoms with Crippen molar-refractivity contribution in [2.75, 3.05) is 40.9 Å². The van der Waals surface area contributed by atoms with Gasteiger partial charge in [-0.1, -0.05) is 179 Å². The molecule has 0 saturated carbocycles. The van der Waals surface area contributed by atoms with E-state index in [0.717, 1.165) is 38.5 Å². The number of hydrogen-bond acceptors (Lipinski definition) is 5. The normalized spacial score (nSPS) is 14.6. The van der Waals surface area contributed by atoms with Crippen molar-refractivity contribution in [2.45, 2.75) is 219 Å². The Balaban J connectivity index is 4.45. The lowest BCUT2D eigenvalue weighted by Crippen LogP contribution is -2.45. The molecule has 0 aliphatic rings. The van der Waals surface area contributed by atoms with E-state index < -0.39 is 20.0 Å². The fourth-order valence-electron chi connectivity index (χ4n) is 6.58. The largest absolute Gasteiger partial charge is 0.472 e. The van der Waals surface area contributed by atoms with E-state index in [4.69, 9.17) is 9.05 Å². The number of nitrogens with zero attached hydrogens (tertiary/aromatic N) is 1. The van der Waals surface area contributed by atoms with Crippen molar-refractivity contribution in [3.8, 4) is 0 Å². The molecule has 0 aromatic rings. The van der Waals surface area contributed by atoms with Gasteiger partial charge in [0.05, 0.1) is 39.9 Å². The number of phosphoric ester groups is 1. The molecular weight excluding hydrogens is 719 g/mol. The summed E-state index contributed by atoms with van der Waals surface area (Å²) in [5.41, 5.74) is 0. The fourth-order valence-corrected chi connectivity index (χ4v) is 7.32. The first-order chi connectivity index (χ1) is 27.0. The number of carbonyl (C=O) groups excluding carboxylic acids is 1. The molecule has 0 aliphatic heterocycles. The summed E-state index contributed by atoms with van der Waals surface area (Å²) in [5, 5.41) is 13.8. The third-order valence-electron chi connectivity index (χ3n) is 10.3. The highest BCUT2D eigenvalue weighted by molar-refractivity contribution is 7.47. The van der Waals surface area contributed by atoms with Gasteiger partial charge in [-0.15, -0.1) is 0 Å². The Morgan fingerprint density at radius 3 is 1.43 bits per heavy atom. The molecule has 0 aromatic heterocycles. The number of allylic oxidation sites excluding steroid dienone is 5. The van der Waals surface area contributed by atoms with E-state index in [9.17, 15) is 19.4 Å². The van der Waals surface area contributed by atoms with Crippen molar-refractivity contribution in [3.63, 3.8) is 0 Å². The van der Waals surface area contributed by atoms with Crippen LogP contribution in [-0.4, -0.2) is 73.4 Å². The molecule has 56 heavy (non-hydrogen) atoms. The smallest absolute Gasteiger partial charge is 0.387 e. The number of nitrogens with one attached hydrogen (secondary N) is 1. The van der Waals surface area contributed by atoms with Gasteiger partial charge in [-0.3, -0.25) is 13.8 Å². The molecule has 3 atom stereocenters. The van der Waals surface area contributed by atoms with Crippen molar-refractivity contribution >= 4 is 13.7 Å². The number of likely N-dealkylation sites (N-methyl/N-ethyl adjacent to an activating group) is 1. The number of quaternary nitrogens is 1.